The van der Waals surface area contributed by atoms with E-state index in [0.29, 0.717) is 0 Å². The molecule has 0 heterocycles. The molecule has 39 heavy (non-hydrogen) atoms. The van der Waals surface area contributed by atoms with Crippen molar-refractivity contribution < 1.29 is 12.5 Å². The van der Waals surface area contributed by atoms with Crippen molar-refractivity contribution in [2.24, 2.45) is 35.5 Å². The minimum absolute atomic E-state index is 0.761. The summed E-state index contributed by atoms with van der Waals surface area (Å²) in [5, 5.41) is 0. The Hall–Kier alpha value is 1.58. The maximum absolute atomic E-state index is 6.98. The zero-order chi connectivity index (χ0) is 27.2. The summed E-state index contributed by atoms with van der Waals surface area (Å²) in [5.74, 6) is 5.86. The summed E-state index contributed by atoms with van der Waals surface area (Å²) in [4.78, 5) is 0. The van der Waals surface area contributed by atoms with Gasteiger partial charge in [0.25, 0.3) is 0 Å². The van der Waals surface area contributed by atoms with E-state index in [9.17, 15) is 0 Å². The molecule has 0 radical (unpaired) electrons. The van der Waals surface area contributed by atoms with E-state index in [1.54, 1.807) is 0 Å². The van der Waals surface area contributed by atoms with Gasteiger partial charge in [-0.3, -0.25) is 0 Å². The van der Waals surface area contributed by atoms with Gasteiger partial charge in [0.15, 0.2) is 0 Å². The van der Waals surface area contributed by atoms with E-state index in [1.165, 1.54) is 141 Å². The van der Waals surface area contributed by atoms with Crippen molar-refractivity contribution in [2.45, 2.75) is 141 Å². The molecule has 0 nitrogen and oxygen atoms in total. The Morgan fingerprint density at radius 1 is 0.462 bits per heavy atom. The first-order valence-electron chi connectivity index (χ1n) is 17.0. The van der Waals surface area contributed by atoms with Crippen LogP contribution in [0, 0.1) is 35.5 Å². The molecule has 4 aliphatic carbocycles. The van der Waals surface area contributed by atoms with Crippen LogP contribution in [0.15, 0.2) is 24.3 Å². The Bertz CT molecular complexity index is 608. The van der Waals surface area contributed by atoms with Gasteiger partial charge in [-0.15, -0.1) is 0 Å². The van der Waals surface area contributed by atoms with Crippen LogP contribution in [0.2, 0.25) is 0 Å². The first-order chi connectivity index (χ1) is 19.1. The van der Waals surface area contributed by atoms with Crippen LogP contribution in [0.25, 0.3) is 0 Å². The number of halogens is 2. The van der Waals surface area contributed by atoms with E-state index in [-0.39, 0.29) is 0 Å². The molecule has 0 aliphatic heterocycles. The molecule has 0 aromatic heterocycles. The van der Waals surface area contributed by atoms with E-state index < -0.39 is 12.5 Å². The molecule has 0 spiro atoms. The van der Waals surface area contributed by atoms with Gasteiger partial charge in [-0.05, 0) is 0 Å². The van der Waals surface area contributed by atoms with Crippen LogP contribution in [0.1, 0.15) is 141 Å². The quantitative estimate of drug-likeness (QED) is 0.0958. The van der Waals surface area contributed by atoms with Crippen molar-refractivity contribution in [1.29, 1.82) is 0 Å². The average molecular weight is 708 g/mol. The van der Waals surface area contributed by atoms with Crippen molar-refractivity contribution >= 4 is 32.6 Å². The molecule has 2 atom stereocenters. The van der Waals surface area contributed by atoms with Crippen LogP contribution >= 0.6 is 32.6 Å². The Morgan fingerprint density at radius 2 is 0.744 bits per heavy atom. The molecule has 0 saturated heterocycles. The maximum atomic E-state index is 6.98. The number of hydrogen-bond donors (Lipinski definition) is 0. The van der Waals surface area contributed by atoms with E-state index in [4.69, 9.17) is 19.1 Å². The second kappa shape index (κ2) is 19.1. The first-order valence-corrected chi connectivity index (χ1v) is 27.7. The Labute approximate surface area is 257 Å². The molecule has 0 aromatic carbocycles. The summed E-state index contributed by atoms with van der Waals surface area (Å²) in [6.07, 6.45) is 44.5. The van der Waals surface area contributed by atoms with Gasteiger partial charge in [0.1, 0.15) is 0 Å². The fraction of sp³-hybridized carbons (Fsp3) is 0.882. The normalized spacial score (nSPS) is 25.1. The molecule has 0 aromatic rings. The molecule has 4 fully saturated rings. The van der Waals surface area contributed by atoms with Crippen molar-refractivity contribution in [3.63, 3.8) is 0 Å². The third-order valence-corrected chi connectivity index (χ3v) is 28.1. The number of allylic oxidation sites excluding steroid dienone is 4. The third-order valence-electron chi connectivity index (χ3n) is 10.8. The van der Waals surface area contributed by atoms with Gasteiger partial charge >= 0.3 is 258 Å². The molecule has 5 heteroatoms. The molecule has 0 amide bonds. The summed E-state index contributed by atoms with van der Waals surface area (Å²) in [7, 11) is 14.0. The van der Waals surface area contributed by atoms with Gasteiger partial charge in [-0.1, -0.05) is 0 Å². The topological polar surface area (TPSA) is 0 Å². The SMILES string of the molecule is [Cl][Pd]([Cl])([PH]CC=CCC(C1CCCCC1)C1CCCCC1)[PH]CC=CCC(C1CCCCC1)C1CCCCC1. The van der Waals surface area contributed by atoms with E-state index in [0.717, 1.165) is 61.4 Å². The number of hydrogen-bond acceptors (Lipinski definition) is 0. The zero-order valence-corrected chi connectivity index (χ0v) is 29.9. The van der Waals surface area contributed by atoms with Crippen molar-refractivity contribution in [3.8, 4) is 0 Å². The van der Waals surface area contributed by atoms with Crippen molar-refractivity contribution in [1.82, 2.24) is 0 Å². The molecular weight excluding hydrogens is 648 g/mol. The standard InChI is InChI=1S/2C17H30P.2ClH.Pd/c2*18-14-8-7-13-17(15-9-3-1-4-10-15)16-11-5-2-6-12-16;;;/h2*7-8,15-18H,1-6,9-14H2;2*1H;/q2*-1;;;+4/p-2. The molecule has 230 valence electrons. The Morgan fingerprint density at radius 3 is 1.03 bits per heavy atom. The van der Waals surface area contributed by atoms with Gasteiger partial charge in [0, 0.05) is 0 Å². The fourth-order valence-corrected chi connectivity index (χ4v) is 20.9. The minimum atomic E-state index is -2.21. The van der Waals surface area contributed by atoms with Crippen LogP contribution in [-0.2, 0) is 12.5 Å². The monoisotopic (exact) mass is 706 g/mol. The first kappa shape index (κ1) is 33.5. The van der Waals surface area contributed by atoms with Crippen LogP contribution < -0.4 is 0 Å². The van der Waals surface area contributed by atoms with Gasteiger partial charge < -0.3 is 0 Å². The van der Waals surface area contributed by atoms with Gasteiger partial charge in [0.2, 0.25) is 0 Å². The van der Waals surface area contributed by atoms with E-state index in [1.807, 2.05) is 0 Å². The fourth-order valence-electron chi connectivity index (χ4n) is 8.74. The summed E-state index contributed by atoms with van der Waals surface area (Å²) in [5.41, 5.74) is 0. The second-order valence-corrected chi connectivity index (χ2v) is 36.9. The van der Waals surface area contributed by atoms with Crippen molar-refractivity contribution in [2.75, 3.05) is 12.3 Å². The van der Waals surface area contributed by atoms with E-state index in [2.05, 4.69) is 24.3 Å². The Kier molecular flexibility index (Phi) is 16.4. The van der Waals surface area contributed by atoms with Gasteiger partial charge in [0.05, 0.1) is 0 Å². The zero-order valence-electron chi connectivity index (χ0n) is 24.8. The average Bonchev–Trinajstić information content (AvgIpc) is 2.98. The van der Waals surface area contributed by atoms with Gasteiger partial charge in [-0.25, -0.2) is 0 Å². The van der Waals surface area contributed by atoms with Crippen LogP contribution in [-0.4, -0.2) is 12.3 Å². The second-order valence-electron chi connectivity index (χ2n) is 13.3. The third kappa shape index (κ3) is 12.2. The van der Waals surface area contributed by atoms with Gasteiger partial charge in [-0.2, -0.15) is 0 Å². The molecule has 4 aliphatic rings. The molecule has 4 saturated carbocycles. The summed E-state index contributed by atoms with van der Waals surface area (Å²) in [6.45, 7) is 1.52. The van der Waals surface area contributed by atoms with Crippen LogP contribution in [0.3, 0.4) is 0 Å². The molecule has 2 unspecified atom stereocenters. The predicted molar refractivity (Wildman–Crippen MR) is 179 cm³/mol. The molecule has 4 rings (SSSR count). The predicted octanol–water partition coefficient (Wildman–Crippen LogP) is 13.1. The van der Waals surface area contributed by atoms with E-state index >= 15 is 0 Å². The molecule has 0 N–H and O–H groups in total. The van der Waals surface area contributed by atoms with Crippen LogP contribution in [0.4, 0.5) is 0 Å². The van der Waals surface area contributed by atoms with Crippen molar-refractivity contribution in [3.05, 3.63) is 24.3 Å². The van der Waals surface area contributed by atoms with Crippen LogP contribution in [0.5, 0.6) is 0 Å². The number of rotatable bonds is 14. The molecule has 0 bridgehead atoms. The summed E-state index contributed by atoms with van der Waals surface area (Å²) in [6, 6.07) is 0. The summed E-state index contributed by atoms with van der Waals surface area (Å²) >= 11 is -2.21. The Balaban J connectivity index is 1.16. The summed E-state index contributed by atoms with van der Waals surface area (Å²) < 4.78 is 0. The molecular formula is C34H60Cl2P2Pd.